The molecule has 4 N–H and O–H groups in total. The van der Waals surface area contributed by atoms with Crippen LogP contribution in [-0.4, -0.2) is 25.3 Å². The molecule has 2 fully saturated rings. The van der Waals surface area contributed by atoms with Gasteiger partial charge in [0.05, 0.1) is 0 Å². The molecule has 2 atom stereocenters. The summed E-state index contributed by atoms with van der Waals surface area (Å²) in [5.41, 5.74) is 12.6. The predicted molar refractivity (Wildman–Crippen MR) is 89.2 cm³/mol. The van der Waals surface area contributed by atoms with Crippen LogP contribution in [0.15, 0.2) is 0 Å². The van der Waals surface area contributed by atoms with Crippen LogP contribution in [0.4, 0.5) is 0 Å². The summed E-state index contributed by atoms with van der Waals surface area (Å²) in [6.45, 7) is 1.63. The Morgan fingerprint density at radius 3 is 1.43 bits per heavy atom. The lowest BCUT2D eigenvalue weighted by Gasteiger charge is -2.28. The van der Waals surface area contributed by atoms with Gasteiger partial charge in [-0.2, -0.15) is 0 Å². The van der Waals surface area contributed by atoms with Gasteiger partial charge in [-0.1, -0.05) is 38.5 Å². The fourth-order valence-electron chi connectivity index (χ4n) is 4.14. The highest BCUT2D eigenvalue weighted by Gasteiger charge is 2.21. The maximum Gasteiger partial charge on any atom is 0.0480 e. The van der Waals surface area contributed by atoms with Crippen LogP contribution >= 0.6 is 0 Å². The van der Waals surface area contributed by atoms with E-state index in [1.54, 1.807) is 0 Å². The van der Waals surface area contributed by atoms with Crippen LogP contribution in [0, 0.1) is 11.8 Å². The minimum Gasteiger partial charge on any atom is -0.381 e. The molecule has 2 aliphatic rings. The van der Waals surface area contributed by atoms with E-state index in [0.29, 0.717) is 12.1 Å². The molecule has 0 radical (unpaired) electrons. The minimum atomic E-state index is 0.345. The topological polar surface area (TPSA) is 61.3 Å². The Kier molecular flexibility index (Phi) is 8.05. The van der Waals surface area contributed by atoms with E-state index in [9.17, 15) is 0 Å². The number of nitrogens with two attached hydrogens (primary N) is 2. The molecule has 0 saturated heterocycles. The Hall–Kier alpha value is -0.120. The molecule has 124 valence electrons. The quantitative estimate of drug-likeness (QED) is 0.673. The fourth-order valence-corrected chi connectivity index (χ4v) is 4.14. The standard InChI is InChI=1S/C18H36N2O/c19-17(15-7-3-1-4-8-15)11-13-21-14-12-18(20)16-9-5-2-6-10-16/h15-18H,1-14,19-20H2. The van der Waals surface area contributed by atoms with Gasteiger partial charge in [0.15, 0.2) is 0 Å². The second kappa shape index (κ2) is 9.81. The molecular weight excluding hydrogens is 260 g/mol. The lowest BCUT2D eigenvalue weighted by atomic mass is 9.83. The maximum absolute atomic E-state index is 6.30. The van der Waals surface area contributed by atoms with E-state index in [-0.39, 0.29) is 0 Å². The number of ether oxygens (including phenoxy) is 1. The summed E-state index contributed by atoms with van der Waals surface area (Å²) in [6, 6.07) is 0.689. The molecule has 2 rings (SSSR count). The SMILES string of the molecule is NC(CCOCCC(N)C1CCCCC1)C1CCCCC1. The molecule has 0 bridgehead atoms. The highest BCUT2D eigenvalue weighted by Crippen LogP contribution is 2.27. The number of rotatable bonds is 8. The van der Waals surface area contributed by atoms with Crippen molar-refractivity contribution in [2.75, 3.05) is 13.2 Å². The first-order valence-electron chi connectivity index (χ1n) is 9.36. The summed E-state index contributed by atoms with van der Waals surface area (Å²) in [5.74, 6) is 1.48. The van der Waals surface area contributed by atoms with Crippen molar-refractivity contribution in [1.29, 1.82) is 0 Å². The summed E-state index contributed by atoms with van der Waals surface area (Å²) in [5, 5.41) is 0. The lowest BCUT2D eigenvalue weighted by molar-refractivity contribution is 0.105. The van der Waals surface area contributed by atoms with Crippen LogP contribution in [0.3, 0.4) is 0 Å². The van der Waals surface area contributed by atoms with Crippen molar-refractivity contribution in [1.82, 2.24) is 0 Å². The Morgan fingerprint density at radius 1 is 0.667 bits per heavy atom. The zero-order chi connectivity index (χ0) is 14.9. The van der Waals surface area contributed by atoms with Crippen molar-refractivity contribution in [3.63, 3.8) is 0 Å². The number of hydrogen-bond acceptors (Lipinski definition) is 3. The third-order valence-corrected chi connectivity index (χ3v) is 5.70. The molecule has 21 heavy (non-hydrogen) atoms. The third-order valence-electron chi connectivity index (χ3n) is 5.70. The Balaban J connectivity index is 1.49. The first-order chi connectivity index (χ1) is 10.3. The maximum atomic E-state index is 6.30. The van der Waals surface area contributed by atoms with Gasteiger partial charge in [0, 0.05) is 25.3 Å². The average Bonchev–Trinajstić information content (AvgIpc) is 2.55. The molecule has 3 heteroatoms. The van der Waals surface area contributed by atoms with E-state index in [2.05, 4.69) is 0 Å². The summed E-state index contributed by atoms with van der Waals surface area (Å²) in [6.07, 6.45) is 15.6. The third kappa shape index (κ3) is 6.25. The molecule has 2 unspecified atom stereocenters. The second-order valence-electron chi connectivity index (χ2n) is 7.31. The zero-order valence-electron chi connectivity index (χ0n) is 13.8. The largest absolute Gasteiger partial charge is 0.381 e. The fraction of sp³-hybridized carbons (Fsp3) is 1.00. The van der Waals surface area contributed by atoms with Gasteiger partial charge in [-0.15, -0.1) is 0 Å². The van der Waals surface area contributed by atoms with Crippen molar-refractivity contribution in [2.45, 2.75) is 89.1 Å². The van der Waals surface area contributed by atoms with E-state index in [1.807, 2.05) is 0 Å². The van der Waals surface area contributed by atoms with Crippen LogP contribution in [0.5, 0.6) is 0 Å². The van der Waals surface area contributed by atoms with E-state index in [0.717, 1.165) is 37.9 Å². The van der Waals surface area contributed by atoms with E-state index >= 15 is 0 Å². The zero-order valence-corrected chi connectivity index (χ0v) is 13.8. The van der Waals surface area contributed by atoms with Gasteiger partial charge in [-0.3, -0.25) is 0 Å². The summed E-state index contributed by atoms with van der Waals surface area (Å²) in [7, 11) is 0. The molecular formula is C18H36N2O. The van der Waals surface area contributed by atoms with Crippen molar-refractivity contribution in [3.05, 3.63) is 0 Å². The minimum absolute atomic E-state index is 0.345. The van der Waals surface area contributed by atoms with Crippen molar-refractivity contribution in [3.8, 4) is 0 Å². The molecule has 3 nitrogen and oxygen atoms in total. The van der Waals surface area contributed by atoms with E-state index in [4.69, 9.17) is 16.2 Å². The van der Waals surface area contributed by atoms with Crippen molar-refractivity contribution in [2.24, 2.45) is 23.3 Å². The highest BCUT2D eigenvalue weighted by atomic mass is 16.5. The van der Waals surface area contributed by atoms with Crippen LogP contribution in [0.25, 0.3) is 0 Å². The second-order valence-corrected chi connectivity index (χ2v) is 7.31. The van der Waals surface area contributed by atoms with Crippen molar-refractivity contribution >= 4 is 0 Å². The van der Waals surface area contributed by atoms with Gasteiger partial charge < -0.3 is 16.2 Å². The van der Waals surface area contributed by atoms with Crippen molar-refractivity contribution < 1.29 is 4.74 Å². The molecule has 0 aromatic rings. The van der Waals surface area contributed by atoms with Crippen LogP contribution < -0.4 is 11.5 Å². The van der Waals surface area contributed by atoms with Gasteiger partial charge in [0.1, 0.15) is 0 Å². The Bertz CT molecular complexity index is 234. The molecule has 0 aromatic carbocycles. The van der Waals surface area contributed by atoms with E-state index < -0.39 is 0 Å². The van der Waals surface area contributed by atoms with Gasteiger partial charge in [-0.25, -0.2) is 0 Å². The monoisotopic (exact) mass is 296 g/mol. The van der Waals surface area contributed by atoms with Crippen LogP contribution in [0.2, 0.25) is 0 Å². The summed E-state index contributed by atoms with van der Waals surface area (Å²) in [4.78, 5) is 0. The molecule has 0 spiro atoms. The summed E-state index contributed by atoms with van der Waals surface area (Å²) >= 11 is 0. The first-order valence-corrected chi connectivity index (χ1v) is 9.36. The first kappa shape index (κ1) is 17.2. The normalized spacial score (nSPS) is 24.9. The van der Waals surface area contributed by atoms with E-state index in [1.165, 1.54) is 64.2 Å². The molecule has 0 aromatic heterocycles. The van der Waals surface area contributed by atoms with Crippen LogP contribution in [0.1, 0.15) is 77.0 Å². The molecule has 0 amide bonds. The predicted octanol–water partition coefficient (Wildman–Crippen LogP) is 3.60. The van der Waals surface area contributed by atoms with Gasteiger partial charge >= 0.3 is 0 Å². The smallest absolute Gasteiger partial charge is 0.0480 e. The molecule has 0 heterocycles. The van der Waals surface area contributed by atoms with Gasteiger partial charge in [0.25, 0.3) is 0 Å². The highest BCUT2D eigenvalue weighted by molar-refractivity contribution is 4.77. The van der Waals surface area contributed by atoms with Gasteiger partial charge in [0.2, 0.25) is 0 Å². The average molecular weight is 296 g/mol. The van der Waals surface area contributed by atoms with Gasteiger partial charge in [-0.05, 0) is 50.4 Å². The molecule has 2 saturated carbocycles. The molecule has 0 aliphatic heterocycles. The summed E-state index contributed by atoms with van der Waals surface area (Å²) < 4.78 is 5.80. The lowest BCUT2D eigenvalue weighted by Crippen LogP contribution is -2.34. The van der Waals surface area contributed by atoms with Crippen LogP contribution in [-0.2, 0) is 4.74 Å². The Labute approximate surface area is 131 Å². The molecule has 2 aliphatic carbocycles. The number of hydrogen-bond donors (Lipinski definition) is 2. The Morgan fingerprint density at radius 2 is 1.05 bits per heavy atom.